The van der Waals surface area contributed by atoms with Crippen LogP contribution >= 0.6 is 0 Å². The number of hydrogen-bond donors (Lipinski definition) is 0. The molecular weight excluding hydrogens is 336 g/mol. The smallest absolute Gasteiger partial charge is 0.228 e. The summed E-state index contributed by atoms with van der Waals surface area (Å²) in [6.07, 6.45) is 4.66. The summed E-state index contributed by atoms with van der Waals surface area (Å²) in [4.78, 5) is 14.6. The van der Waals surface area contributed by atoms with Crippen molar-refractivity contribution in [3.63, 3.8) is 0 Å². The van der Waals surface area contributed by atoms with E-state index in [1.54, 1.807) is 0 Å². The van der Waals surface area contributed by atoms with Crippen LogP contribution in [0.25, 0.3) is 0 Å². The summed E-state index contributed by atoms with van der Waals surface area (Å²) in [7, 11) is 0. The molecule has 0 amide bonds. The zero-order valence-electron chi connectivity index (χ0n) is 16.5. The van der Waals surface area contributed by atoms with Crippen molar-refractivity contribution in [2.24, 2.45) is 0 Å². The average molecular weight is 367 g/mol. The molecule has 1 aromatic heterocycles. The Morgan fingerprint density at radius 3 is 2.44 bits per heavy atom. The zero-order chi connectivity index (χ0) is 18.6. The molecule has 0 N–H and O–H groups in total. The molecule has 0 radical (unpaired) electrons. The predicted octanol–water partition coefficient (Wildman–Crippen LogP) is 3.46. The third-order valence-corrected chi connectivity index (χ3v) is 5.38. The lowest BCUT2D eigenvalue weighted by Gasteiger charge is -2.35. The molecule has 4 rings (SSSR count). The van der Waals surface area contributed by atoms with Crippen molar-refractivity contribution < 1.29 is 4.74 Å². The molecule has 1 aliphatic heterocycles. The van der Waals surface area contributed by atoms with Gasteiger partial charge in [-0.15, -0.1) is 0 Å². The van der Waals surface area contributed by atoms with Crippen LogP contribution in [0.1, 0.15) is 43.5 Å². The number of rotatable bonds is 5. The van der Waals surface area contributed by atoms with Gasteiger partial charge in [-0.05, 0) is 45.1 Å². The number of piperazine rings is 1. The van der Waals surface area contributed by atoms with Crippen LogP contribution in [0.4, 0.5) is 5.95 Å². The van der Waals surface area contributed by atoms with Gasteiger partial charge in [-0.1, -0.05) is 30.3 Å². The molecule has 2 aromatic rings. The van der Waals surface area contributed by atoms with Crippen molar-refractivity contribution in [2.45, 2.75) is 52.2 Å². The van der Waals surface area contributed by atoms with E-state index in [2.05, 4.69) is 54.0 Å². The van der Waals surface area contributed by atoms with Gasteiger partial charge in [0.05, 0.1) is 11.8 Å². The first-order valence-corrected chi connectivity index (χ1v) is 10.3. The third-order valence-electron chi connectivity index (χ3n) is 5.38. The van der Waals surface area contributed by atoms with E-state index in [0.29, 0.717) is 0 Å². The molecule has 5 nitrogen and oxygen atoms in total. The summed E-state index contributed by atoms with van der Waals surface area (Å²) in [5.74, 6) is 1.67. The molecule has 0 spiro atoms. The van der Waals surface area contributed by atoms with Crippen molar-refractivity contribution in [1.82, 2.24) is 14.9 Å². The van der Waals surface area contributed by atoms with Crippen LogP contribution in [-0.4, -0.2) is 47.2 Å². The first kappa shape index (κ1) is 18.2. The number of hydrogen-bond acceptors (Lipinski definition) is 5. The SMILES string of the molecule is CC(C)Oc1nc(N2CCN(Cc3ccccc3)CC2)nc2c1CCCC2. The average Bonchev–Trinajstić information content (AvgIpc) is 2.69. The van der Waals surface area contributed by atoms with E-state index in [9.17, 15) is 0 Å². The maximum atomic E-state index is 6.06. The summed E-state index contributed by atoms with van der Waals surface area (Å²) >= 11 is 0. The molecular formula is C22H30N4O. The van der Waals surface area contributed by atoms with E-state index in [4.69, 9.17) is 14.7 Å². The fourth-order valence-corrected chi connectivity index (χ4v) is 3.96. The van der Waals surface area contributed by atoms with E-state index in [1.807, 2.05) is 0 Å². The van der Waals surface area contributed by atoms with Crippen LogP contribution in [0.15, 0.2) is 30.3 Å². The van der Waals surface area contributed by atoms with Crippen molar-refractivity contribution >= 4 is 5.95 Å². The Morgan fingerprint density at radius 1 is 0.963 bits per heavy atom. The van der Waals surface area contributed by atoms with Crippen molar-refractivity contribution in [3.05, 3.63) is 47.2 Å². The molecule has 1 aliphatic carbocycles. The van der Waals surface area contributed by atoms with E-state index in [1.165, 1.54) is 29.7 Å². The van der Waals surface area contributed by atoms with Gasteiger partial charge in [-0.3, -0.25) is 4.90 Å². The Bertz CT molecular complexity index is 754. The lowest BCUT2D eigenvalue weighted by Crippen LogP contribution is -2.46. The predicted molar refractivity (Wildman–Crippen MR) is 108 cm³/mol. The van der Waals surface area contributed by atoms with Crippen molar-refractivity contribution in [2.75, 3.05) is 31.1 Å². The summed E-state index contributed by atoms with van der Waals surface area (Å²) < 4.78 is 6.06. The Hall–Kier alpha value is -2.14. The number of ether oxygens (including phenoxy) is 1. The highest BCUT2D eigenvalue weighted by Gasteiger charge is 2.24. The zero-order valence-corrected chi connectivity index (χ0v) is 16.5. The molecule has 27 heavy (non-hydrogen) atoms. The largest absolute Gasteiger partial charge is 0.475 e. The molecule has 1 saturated heterocycles. The van der Waals surface area contributed by atoms with Gasteiger partial charge in [0.25, 0.3) is 0 Å². The molecule has 2 aliphatic rings. The molecule has 2 heterocycles. The lowest BCUT2D eigenvalue weighted by molar-refractivity contribution is 0.227. The van der Waals surface area contributed by atoms with Crippen LogP contribution in [0.5, 0.6) is 5.88 Å². The van der Waals surface area contributed by atoms with Crippen molar-refractivity contribution in [3.8, 4) is 5.88 Å². The maximum Gasteiger partial charge on any atom is 0.228 e. The number of benzene rings is 1. The number of aromatic nitrogens is 2. The molecule has 1 aromatic carbocycles. The Kier molecular flexibility index (Phi) is 5.58. The van der Waals surface area contributed by atoms with Gasteiger partial charge < -0.3 is 9.64 Å². The van der Waals surface area contributed by atoms with E-state index in [-0.39, 0.29) is 6.10 Å². The normalized spacial score (nSPS) is 17.8. The van der Waals surface area contributed by atoms with E-state index < -0.39 is 0 Å². The second kappa shape index (κ2) is 8.26. The topological polar surface area (TPSA) is 41.5 Å². The fraction of sp³-hybridized carbons (Fsp3) is 0.545. The standard InChI is InChI=1S/C22H30N4O/c1-17(2)27-21-19-10-6-7-11-20(19)23-22(24-21)26-14-12-25(13-15-26)16-18-8-4-3-5-9-18/h3-5,8-9,17H,6-7,10-16H2,1-2H3. The fourth-order valence-electron chi connectivity index (χ4n) is 3.96. The summed E-state index contributed by atoms with van der Waals surface area (Å²) in [5, 5.41) is 0. The Morgan fingerprint density at radius 2 is 1.70 bits per heavy atom. The Balaban J connectivity index is 1.46. The molecule has 0 bridgehead atoms. The van der Waals surface area contributed by atoms with Gasteiger partial charge >= 0.3 is 0 Å². The van der Waals surface area contributed by atoms with Gasteiger partial charge in [-0.2, -0.15) is 4.98 Å². The highest BCUT2D eigenvalue weighted by Crippen LogP contribution is 2.30. The van der Waals surface area contributed by atoms with E-state index in [0.717, 1.165) is 57.4 Å². The molecule has 0 saturated carbocycles. The van der Waals surface area contributed by atoms with Gasteiger partial charge in [0.15, 0.2) is 0 Å². The summed E-state index contributed by atoms with van der Waals surface area (Å²) in [6.45, 7) is 9.16. The summed E-state index contributed by atoms with van der Waals surface area (Å²) in [6, 6.07) is 10.7. The summed E-state index contributed by atoms with van der Waals surface area (Å²) in [5.41, 5.74) is 3.82. The number of anilines is 1. The molecule has 1 fully saturated rings. The molecule has 5 heteroatoms. The van der Waals surface area contributed by atoms with E-state index >= 15 is 0 Å². The molecule has 0 unspecified atom stereocenters. The van der Waals surface area contributed by atoms with Crippen LogP contribution in [0.3, 0.4) is 0 Å². The minimum absolute atomic E-state index is 0.140. The van der Waals surface area contributed by atoms with Gasteiger partial charge in [0, 0.05) is 38.3 Å². The first-order chi connectivity index (χ1) is 13.2. The second-order valence-corrected chi connectivity index (χ2v) is 7.88. The van der Waals surface area contributed by atoms with Gasteiger partial charge in [-0.25, -0.2) is 4.98 Å². The third kappa shape index (κ3) is 4.41. The van der Waals surface area contributed by atoms with Crippen LogP contribution in [-0.2, 0) is 19.4 Å². The highest BCUT2D eigenvalue weighted by molar-refractivity contribution is 5.42. The molecule has 144 valence electrons. The maximum absolute atomic E-state index is 6.06. The second-order valence-electron chi connectivity index (χ2n) is 7.88. The Labute approximate surface area is 162 Å². The number of aryl methyl sites for hydroxylation is 1. The monoisotopic (exact) mass is 366 g/mol. The first-order valence-electron chi connectivity index (χ1n) is 10.3. The molecule has 0 atom stereocenters. The van der Waals surface area contributed by atoms with Crippen LogP contribution in [0.2, 0.25) is 0 Å². The van der Waals surface area contributed by atoms with Crippen LogP contribution < -0.4 is 9.64 Å². The quantitative estimate of drug-likeness (QED) is 0.810. The highest BCUT2D eigenvalue weighted by atomic mass is 16.5. The van der Waals surface area contributed by atoms with Crippen molar-refractivity contribution in [1.29, 1.82) is 0 Å². The van der Waals surface area contributed by atoms with Gasteiger partial charge in [0.1, 0.15) is 0 Å². The van der Waals surface area contributed by atoms with Crippen LogP contribution in [0, 0.1) is 0 Å². The lowest BCUT2D eigenvalue weighted by atomic mass is 9.97. The minimum atomic E-state index is 0.140. The van der Waals surface area contributed by atoms with Gasteiger partial charge in [0.2, 0.25) is 11.8 Å². The minimum Gasteiger partial charge on any atom is -0.475 e. The number of fused-ring (bicyclic) bond motifs is 1. The number of nitrogens with zero attached hydrogens (tertiary/aromatic N) is 4.